The fourth-order valence-corrected chi connectivity index (χ4v) is 6.40. The van der Waals surface area contributed by atoms with Crippen molar-refractivity contribution in [2.24, 2.45) is 0 Å². The maximum atomic E-state index is 4.86. The van der Waals surface area contributed by atoms with Gasteiger partial charge in [-0.3, -0.25) is 4.40 Å². The summed E-state index contributed by atoms with van der Waals surface area (Å²) in [6.07, 6.45) is 5.86. The molecule has 0 unspecified atom stereocenters. The van der Waals surface area contributed by atoms with Crippen LogP contribution in [0.1, 0.15) is 0 Å². The Labute approximate surface area is 211 Å². The summed E-state index contributed by atoms with van der Waals surface area (Å²) in [4.78, 5) is 9.30. The molecular formula is C34H19N3. The lowest BCUT2D eigenvalue weighted by molar-refractivity contribution is 1.11. The first-order chi connectivity index (χ1) is 18.3. The normalized spacial score (nSPS) is 12.3. The van der Waals surface area contributed by atoms with Crippen LogP contribution in [0.25, 0.3) is 81.7 Å². The van der Waals surface area contributed by atoms with E-state index >= 15 is 0 Å². The number of imidazole rings is 1. The zero-order valence-corrected chi connectivity index (χ0v) is 19.8. The zero-order chi connectivity index (χ0) is 24.1. The van der Waals surface area contributed by atoms with Crippen molar-refractivity contribution in [2.75, 3.05) is 0 Å². The van der Waals surface area contributed by atoms with E-state index in [2.05, 4.69) is 102 Å². The molecule has 0 saturated heterocycles. The topological polar surface area (TPSA) is 30.2 Å². The van der Waals surface area contributed by atoms with E-state index in [4.69, 9.17) is 4.98 Å². The number of nitrogens with zero attached hydrogens (tertiary/aromatic N) is 3. The first-order valence-electron chi connectivity index (χ1n) is 12.6. The second kappa shape index (κ2) is 6.80. The van der Waals surface area contributed by atoms with Crippen LogP contribution in [0.2, 0.25) is 0 Å². The Morgan fingerprint density at radius 3 is 1.70 bits per heavy atom. The molecule has 3 heteroatoms. The second-order valence-electron chi connectivity index (χ2n) is 9.92. The summed E-state index contributed by atoms with van der Waals surface area (Å²) in [7, 11) is 0. The van der Waals surface area contributed by atoms with Crippen molar-refractivity contribution in [3.8, 4) is 11.3 Å². The van der Waals surface area contributed by atoms with Crippen LogP contribution in [0.5, 0.6) is 0 Å². The molecule has 37 heavy (non-hydrogen) atoms. The van der Waals surface area contributed by atoms with E-state index in [1.54, 1.807) is 6.20 Å². The lowest BCUT2D eigenvalue weighted by atomic mass is 9.87. The van der Waals surface area contributed by atoms with Gasteiger partial charge in [0.15, 0.2) is 0 Å². The largest absolute Gasteiger partial charge is 0.291 e. The second-order valence-corrected chi connectivity index (χ2v) is 9.92. The number of hydrogen-bond acceptors (Lipinski definition) is 2. The molecule has 7 aromatic carbocycles. The molecule has 0 bridgehead atoms. The van der Waals surface area contributed by atoms with Crippen molar-refractivity contribution < 1.29 is 0 Å². The van der Waals surface area contributed by atoms with E-state index in [1.807, 2.05) is 16.7 Å². The Balaban J connectivity index is 1.60. The number of rotatable bonds is 1. The van der Waals surface area contributed by atoms with Crippen molar-refractivity contribution in [2.45, 2.75) is 0 Å². The lowest BCUT2D eigenvalue weighted by Crippen LogP contribution is -1.89. The van der Waals surface area contributed by atoms with Crippen molar-refractivity contribution in [3.05, 3.63) is 116 Å². The van der Waals surface area contributed by atoms with Gasteiger partial charge < -0.3 is 0 Å². The third kappa shape index (κ3) is 2.50. The molecule has 9 rings (SSSR count). The van der Waals surface area contributed by atoms with Gasteiger partial charge in [0.2, 0.25) is 5.78 Å². The Kier molecular flexibility index (Phi) is 3.53. The molecule has 9 aromatic rings. The summed E-state index contributed by atoms with van der Waals surface area (Å²) in [6, 6.07) is 35.7. The summed E-state index contributed by atoms with van der Waals surface area (Å²) < 4.78 is 1.98. The molecular weight excluding hydrogens is 450 g/mol. The van der Waals surface area contributed by atoms with Gasteiger partial charge in [-0.25, -0.2) is 9.97 Å². The maximum Gasteiger partial charge on any atom is 0.234 e. The van der Waals surface area contributed by atoms with Gasteiger partial charge in [-0.15, -0.1) is 0 Å². The highest BCUT2D eigenvalue weighted by molar-refractivity contribution is 6.37. The smallest absolute Gasteiger partial charge is 0.234 e. The Bertz CT molecular complexity index is 2320. The van der Waals surface area contributed by atoms with Crippen LogP contribution >= 0.6 is 0 Å². The van der Waals surface area contributed by atoms with Crippen molar-refractivity contribution in [1.82, 2.24) is 14.4 Å². The summed E-state index contributed by atoms with van der Waals surface area (Å²) in [5.41, 5.74) is 2.03. The van der Waals surface area contributed by atoms with Crippen LogP contribution in [0.4, 0.5) is 0 Å². The highest BCUT2D eigenvalue weighted by Crippen LogP contribution is 2.44. The molecule has 0 aliphatic rings. The molecule has 2 aromatic heterocycles. The molecule has 0 spiro atoms. The quantitative estimate of drug-likeness (QED) is 0.225. The summed E-state index contributed by atoms with van der Waals surface area (Å²) in [5.74, 6) is 0.710. The predicted octanol–water partition coefficient (Wildman–Crippen LogP) is 8.75. The summed E-state index contributed by atoms with van der Waals surface area (Å²) in [6.45, 7) is 0. The average molecular weight is 470 g/mol. The maximum absolute atomic E-state index is 4.86. The zero-order valence-electron chi connectivity index (χ0n) is 19.8. The number of aromatic nitrogens is 3. The summed E-state index contributed by atoms with van der Waals surface area (Å²) >= 11 is 0. The van der Waals surface area contributed by atoms with E-state index < -0.39 is 0 Å². The van der Waals surface area contributed by atoms with Crippen molar-refractivity contribution in [3.63, 3.8) is 0 Å². The minimum absolute atomic E-state index is 0.710. The van der Waals surface area contributed by atoms with Gasteiger partial charge in [-0.05, 0) is 82.8 Å². The third-order valence-corrected chi connectivity index (χ3v) is 7.96. The van der Waals surface area contributed by atoms with Gasteiger partial charge in [0.25, 0.3) is 0 Å². The summed E-state index contributed by atoms with van der Waals surface area (Å²) in [5, 5.41) is 15.4. The molecule has 0 aliphatic heterocycles. The molecule has 0 saturated carbocycles. The van der Waals surface area contributed by atoms with Gasteiger partial charge >= 0.3 is 0 Å². The minimum Gasteiger partial charge on any atom is -0.291 e. The van der Waals surface area contributed by atoms with Crippen LogP contribution in [0.3, 0.4) is 0 Å². The average Bonchev–Trinajstić information content (AvgIpc) is 3.39. The molecule has 0 radical (unpaired) electrons. The van der Waals surface area contributed by atoms with Crippen LogP contribution in [-0.2, 0) is 0 Å². The molecule has 0 fully saturated rings. The van der Waals surface area contributed by atoms with E-state index in [0.29, 0.717) is 5.78 Å². The number of fused-ring (bicyclic) bond motifs is 3. The number of hydrogen-bond donors (Lipinski definition) is 0. The van der Waals surface area contributed by atoms with Gasteiger partial charge in [0, 0.05) is 24.2 Å². The van der Waals surface area contributed by atoms with E-state index in [-0.39, 0.29) is 0 Å². The van der Waals surface area contributed by atoms with Gasteiger partial charge in [-0.2, -0.15) is 0 Å². The van der Waals surface area contributed by atoms with Crippen LogP contribution in [0.15, 0.2) is 116 Å². The monoisotopic (exact) mass is 469 g/mol. The van der Waals surface area contributed by atoms with Gasteiger partial charge in [-0.1, -0.05) is 78.9 Å². The van der Waals surface area contributed by atoms with Gasteiger partial charge in [0.1, 0.15) is 0 Å². The Hall–Kier alpha value is -5.02. The molecule has 2 heterocycles. The predicted molar refractivity (Wildman–Crippen MR) is 155 cm³/mol. The van der Waals surface area contributed by atoms with E-state index in [1.165, 1.54) is 64.6 Å². The van der Waals surface area contributed by atoms with E-state index in [9.17, 15) is 0 Å². The standard InChI is InChI=1S/C34H19N3/c1-5-20-11-12-21-7-3-10-27-28-18-24(29-19-37-16-4-15-35-34(37)36-29)17-23-14-13-22-6-2-9-26(31(22)33(23)28)25(8-1)30(20)32(21)27/h1-19H. The first-order valence-corrected chi connectivity index (χ1v) is 12.6. The van der Waals surface area contributed by atoms with Crippen LogP contribution in [0, 0.1) is 0 Å². The third-order valence-electron chi connectivity index (χ3n) is 7.96. The molecule has 0 N–H and O–H groups in total. The van der Waals surface area contributed by atoms with Crippen molar-refractivity contribution >= 4 is 70.4 Å². The van der Waals surface area contributed by atoms with Crippen LogP contribution < -0.4 is 0 Å². The Morgan fingerprint density at radius 1 is 0.514 bits per heavy atom. The SMILES string of the molecule is c1cc2ccc3cccc4c5cc(-c6cn7cccnc7n6)cc6ccc7cccc(c(c1)c2c34)c7c65. The highest BCUT2D eigenvalue weighted by Gasteiger charge is 2.16. The van der Waals surface area contributed by atoms with E-state index in [0.717, 1.165) is 11.3 Å². The molecule has 0 atom stereocenters. The minimum atomic E-state index is 0.710. The van der Waals surface area contributed by atoms with Gasteiger partial charge in [0.05, 0.1) is 5.69 Å². The molecule has 170 valence electrons. The highest BCUT2D eigenvalue weighted by atomic mass is 15.1. The molecule has 3 nitrogen and oxygen atoms in total. The number of benzene rings is 6. The fraction of sp³-hybridized carbons (Fsp3) is 0. The first kappa shape index (κ1) is 19.2. The molecule has 0 amide bonds. The lowest BCUT2D eigenvalue weighted by Gasteiger charge is -2.16. The van der Waals surface area contributed by atoms with Crippen molar-refractivity contribution in [1.29, 1.82) is 0 Å². The fourth-order valence-electron chi connectivity index (χ4n) is 6.40. The Morgan fingerprint density at radius 2 is 1.08 bits per heavy atom. The molecule has 0 aliphatic carbocycles. The van der Waals surface area contributed by atoms with Crippen LogP contribution in [-0.4, -0.2) is 14.4 Å².